The number of carbonyl (C=O) groups is 1. The second-order valence-electron chi connectivity index (χ2n) is 5.75. The Kier molecular flexibility index (Phi) is 5.52. The monoisotopic (exact) mass is 370 g/mol. The first-order valence-electron chi connectivity index (χ1n) is 8.07. The molecule has 0 aliphatic heterocycles. The molecule has 0 aliphatic carbocycles. The molecule has 0 saturated carbocycles. The number of nitrogens with one attached hydrogen (secondary N) is 2. The van der Waals surface area contributed by atoms with Crippen LogP contribution in [0.5, 0.6) is 0 Å². The lowest BCUT2D eigenvalue weighted by molar-refractivity contribution is -0.384. The van der Waals surface area contributed by atoms with Gasteiger partial charge in [0.05, 0.1) is 22.0 Å². The van der Waals surface area contributed by atoms with E-state index in [1.165, 1.54) is 18.2 Å². The number of hydrogen-bond donors (Lipinski definition) is 2. The highest BCUT2D eigenvalue weighted by atomic mass is 32.2. The summed E-state index contributed by atoms with van der Waals surface area (Å²) >= 11 is 1.68. The molecular formula is C18H18N4O3S. The van der Waals surface area contributed by atoms with E-state index >= 15 is 0 Å². The quantitative estimate of drug-likeness (QED) is 0.488. The highest BCUT2D eigenvalue weighted by Crippen LogP contribution is 2.21. The maximum Gasteiger partial charge on any atom is 0.270 e. The molecule has 0 saturated heterocycles. The summed E-state index contributed by atoms with van der Waals surface area (Å²) in [5, 5.41) is 13.9. The lowest BCUT2D eigenvalue weighted by Crippen LogP contribution is -2.29. The van der Waals surface area contributed by atoms with Crippen molar-refractivity contribution in [1.29, 1.82) is 0 Å². The van der Waals surface area contributed by atoms with Gasteiger partial charge in [-0.2, -0.15) is 11.8 Å². The third-order valence-electron chi connectivity index (χ3n) is 3.97. The van der Waals surface area contributed by atoms with Crippen molar-refractivity contribution < 1.29 is 9.72 Å². The first-order valence-corrected chi connectivity index (χ1v) is 9.47. The van der Waals surface area contributed by atoms with Gasteiger partial charge >= 0.3 is 0 Å². The minimum atomic E-state index is -0.513. The van der Waals surface area contributed by atoms with E-state index in [-0.39, 0.29) is 23.2 Å². The molecule has 1 amide bonds. The molecule has 0 spiro atoms. The van der Waals surface area contributed by atoms with Gasteiger partial charge in [-0.15, -0.1) is 0 Å². The van der Waals surface area contributed by atoms with Crippen LogP contribution in [0.15, 0.2) is 48.5 Å². The zero-order valence-corrected chi connectivity index (χ0v) is 15.0. The summed E-state index contributed by atoms with van der Waals surface area (Å²) in [5.41, 5.74) is 1.88. The van der Waals surface area contributed by atoms with Gasteiger partial charge in [0.15, 0.2) is 0 Å². The lowest BCUT2D eigenvalue weighted by Gasteiger charge is -2.16. The third-order valence-corrected chi connectivity index (χ3v) is 4.62. The number of carbonyl (C=O) groups excluding carboxylic acids is 1. The highest BCUT2D eigenvalue weighted by molar-refractivity contribution is 7.98. The zero-order valence-electron chi connectivity index (χ0n) is 14.1. The fourth-order valence-electron chi connectivity index (χ4n) is 2.65. The number of H-pyrrole nitrogens is 1. The number of hydrogen-bond acceptors (Lipinski definition) is 5. The number of aromatic nitrogens is 2. The van der Waals surface area contributed by atoms with Crippen molar-refractivity contribution in [2.45, 2.75) is 12.5 Å². The van der Waals surface area contributed by atoms with Gasteiger partial charge < -0.3 is 10.3 Å². The maximum atomic E-state index is 12.6. The van der Waals surface area contributed by atoms with E-state index < -0.39 is 4.92 Å². The highest BCUT2D eigenvalue weighted by Gasteiger charge is 2.20. The number of nitrogens with zero attached hydrogens (tertiary/aromatic N) is 2. The molecule has 8 heteroatoms. The molecule has 3 rings (SSSR count). The van der Waals surface area contributed by atoms with Gasteiger partial charge in [-0.25, -0.2) is 4.98 Å². The van der Waals surface area contributed by atoms with Crippen LogP contribution in [-0.4, -0.2) is 32.8 Å². The van der Waals surface area contributed by atoms with Crippen LogP contribution in [0.3, 0.4) is 0 Å². The Labute approximate surface area is 154 Å². The molecule has 1 heterocycles. The number of amides is 1. The number of nitro benzene ring substituents is 1. The summed E-state index contributed by atoms with van der Waals surface area (Å²) in [7, 11) is 0. The van der Waals surface area contributed by atoms with Crippen LogP contribution in [0.1, 0.15) is 28.6 Å². The molecule has 0 fully saturated rings. The van der Waals surface area contributed by atoms with Crippen LogP contribution < -0.4 is 5.32 Å². The number of rotatable bonds is 7. The standard InChI is InChI=1S/C18H18N4O3S/c1-26-10-9-16(17-19-14-7-2-3-8-15(14)20-17)21-18(23)12-5-4-6-13(11-12)22(24)25/h2-8,11,16H,9-10H2,1H3,(H,19,20)(H,21,23)/t16-/m0/s1. The van der Waals surface area contributed by atoms with E-state index in [0.717, 1.165) is 16.8 Å². The Hall–Kier alpha value is -2.87. The number of para-hydroxylation sites is 2. The Morgan fingerprint density at radius 3 is 2.85 bits per heavy atom. The number of fused-ring (bicyclic) bond motifs is 1. The molecule has 0 radical (unpaired) electrons. The Bertz CT molecular complexity index is 908. The second-order valence-corrected chi connectivity index (χ2v) is 6.74. The minimum Gasteiger partial charge on any atom is -0.342 e. The van der Waals surface area contributed by atoms with Crippen molar-refractivity contribution >= 4 is 34.4 Å². The third kappa shape index (κ3) is 4.02. The van der Waals surface area contributed by atoms with E-state index in [2.05, 4.69) is 15.3 Å². The topological polar surface area (TPSA) is 101 Å². The first kappa shape index (κ1) is 17.9. The van der Waals surface area contributed by atoms with E-state index in [0.29, 0.717) is 12.2 Å². The zero-order chi connectivity index (χ0) is 18.5. The predicted molar refractivity (Wildman–Crippen MR) is 102 cm³/mol. The Balaban J connectivity index is 1.85. The summed E-state index contributed by atoms with van der Waals surface area (Å²) in [6.07, 6.45) is 2.69. The Morgan fingerprint density at radius 2 is 2.12 bits per heavy atom. The van der Waals surface area contributed by atoms with Crippen molar-refractivity contribution in [2.24, 2.45) is 0 Å². The fraction of sp³-hybridized carbons (Fsp3) is 0.222. The molecule has 134 valence electrons. The van der Waals surface area contributed by atoms with Gasteiger partial charge in [-0.05, 0) is 36.6 Å². The summed E-state index contributed by atoms with van der Waals surface area (Å²) in [6, 6.07) is 13.1. The van der Waals surface area contributed by atoms with Gasteiger partial charge in [-0.3, -0.25) is 14.9 Å². The number of imidazole rings is 1. The van der Waals surface area contributed by atoms with Crippen molar-refractivity contribution in [3.05, 3.63) is 70.0 Å². The van der Waals surface area contributed by atoms with Crippen LogP contribution in [0.4, 0.5) is 5.69 Å². The molecule has 0 unspecified atom stereocenters. The average molecular weight is 370 g/mol. The van der Waals surface area contributed by atoms with Crippen molar-refractivity contribution in [3.8, 4) is 0 Å². The van der Waals surface area contributed by atoms with Gasteiger partial charge in [0, 0.05) is 17.7 Å². The smallest absolute Gasteiger partial charge is 0.270 e. The molecule has 1 atom stereocenters. The molecule has 26 heavy (non-hydrogen) atoms. The van der Waals surface area contributed by atoms with Crippen molar-refractivity contribution in [3.63, 3.8) is 0 Å². The van der Waals surface area contributed by atoms with E-state index in [9.17, 15) is 14.9 Å². The lowest BCUT2D eigenvalue weighted by atomic mass is 10.1. The van der Waals surface area contributed by atoms with E-state index in [4.69, 9.17) is 0 Å². The molecule has 7 nitrogen and oxygen atoms in total. The number of aromatic amines is 1. The summed E-state index contributed by atoms with van der Waals surface area (Å²) < 4.78 is 0. The molecule has 3 aromatic rings. The van der Waals surface area contributed by atoms with Crippen LogP contribution in [0.25, 0.3) is 11.0 Å². The summed E-state index contributed by atoms with van der Waals surface area (Å²) in [6.45, 7) is 0. The summed E-state index contributed by atoms with van der Waals surface area (Å²) in [5.74, 6) is 1.16. The number of benzene rings is 2. The van der Waals surface area contributed by atoms with Crippen LogP contribution in [0, 0.1) is 10.1 Å². The molecule has 1 aromatic heterocycles. The number of non-ortho nitro benzene ring substituents is 1. The maximum absolute atomic E-state index is 12.6. The molecule has 2 N–H and O–H groups in total. The summed E-state index contributed by atoms with van der Waals surface area (Å²) in [4.78, 5) is 30.8. The molecule has 2 aromatic carbocycles. The van der Waals surface area contributed by atoms with Crippen molar-refractivity contribution in [2.75, 3.05) is 12.0 Å². The SMILES string of the molecule is CSCC[C@H](NC(=O)c1cccc([N+](=O)[O-])c1)c1nc2ccccc2[nH]1. The van der Waals surface area contributed by atoms with Crippen LogP contribution >= 0.6 is 11.8 Å². The molecule has 0 aliphatic rings. The second kappa shape index (κ2) is 8.01. The first-order chi connectivity index (χ1) is 12.6. The van der Waals surface area contributed by atoms with Gasteiger partial charge in [-0.1, -0.05) is 18.2 Å². The van der Waals surface area contributed by atoms with Crippen molar-refractivity contribution in [1.82, 2.24) is 15.3 Å². The number of nitro groups is 1. The average Bonchev–Trinajstić information content (AvgIpc) is 3.09. The van der Waals surface area contributed by atoms with Gasteiger partial charge in [0.2, 0.25) is 0 Å². The minimum absolute atomic E-state index is 0.109. The number of thioether (sulfide) groups is 1. The normalized spacial score (nSPS) is 12.0. The largest absolute Gasteiger partial charge is 0.342 e. The van der Waals surface area contributed by atoms with Gasteiger partial charge in [0.25, 0.3) is 11.6 Å². The fourth-order valence-corrected chi connectivity index (χ4v) is 3.12. The van der Waals surface area contributed by atoms with Crippen LogP contribution in [-0.2, 0) is 0 Å². The Morgan fingerprint density at radius 1 is 1.31 bits per heavy atom. The van der Waals surface area contributed by atoms with Crippen LogP contribution in [0.2, 0.25) is 0 Å². The van der Waals surface area contributed by atoms with Gasteiger partial charge in [0.1, 0.15) is 5.82 Å². The molecule has 0 bridgehead atoms. The van der Waals surface area contributed by atoms with E-state index in [1.807, 2.05) is 30.5 Å². The predicted octanol–water partition coefficient (Wildman–Crippen LogP) is 3.70. The molecular weight excluding hydrogens is 352 g/mol. The van der Waals surface area contributed by atoms with E-state index in [1.54, 1.807) is 17.8 Å².